The van der Waals surface area contributed by atoms with Gasteiger partial charge in [0.15, 0.2) is 0 Å². The number of nitrogens with zero attached hydrogens (tertiary/aromatic N) is 1. The number of H-pyrrole nitrogens is 1. The number of halogens is 2. The van der Waals surface area contributed by atoms with Crippen molar-refractivity contribution in [1.29, 1.82) is 5.26 Å². The van der Waals surface area contributed by atoms with Crippen LogP contribution in [0.3, 0.4) is 0 Å². The molecule has 0 amide bonds. The van der Waals surface area contributed by atoms with Gasteiger partial charge < -0.3 is 4.98 Å². The largest absolute Gasteiger partial charge is 0.360 e. The molecule has 2 nitrogen and oxygen atoms in total. The van der Waals surface area contributed by atoms with Gasteiger partial charge in [-0.05, 0) is 12.1 Å². The van der Waals surface area contributed by atoms with Crippen molar-refractivity contribution in [2.75, 3.05) is 0 Å². The van der Waals surface area contributed by atoms with Crippen LogP contribution in [-0.2, 0) is 0 Å². The van der Waals surface area contributed by atoms with E-state index in [1.807, 2.05) is 12.1 Å². The fourth-order valence-corrected chi connectivity index (χ4v) is 1.83. The van der Waals surface area contributed by atoms with Gasteiger partial charge in [-0.3, -0.25) is 0 Å². The molecule has 0 atom stereocenters. The Balaban J connectivity index is 2.99. The first-order valence-corrected chi connectivity index (χ1v) is 4.35. The zero-order chi connectivity index (χ0) is 9.42. The van der Waals surface area contributed by atoms with Gasteiger partial charge in [0.25, 0.3) is 0 Å². The normalized spacial score (nSPS) is 10.2. The van der Waals surface area contributed by atoms with Gasteiger partial charge in [0, 0.05) is 11.6 Å². The van der Waals surface area contributed by atoms with Crippen molar-refractivity contribution in [3.8, 4) is 6.07 Å². The number of hydrogen-bond acceptors (Lipinski definition) is 1. The molecule has 1 heterocycles. The lowest BCUT2D eigenvalue weighted by Gasteiger charge is -1.99. The van der Waals surface area contributed by atoms with Gasteiger partial charge >= 0.3 is 0 Å². The molecule has 13 heavy (non-hydrogen) atoms. The summed E-state index contributed by atoms with van der Waals surface area (Å²) in [5.74, 6) is 0. The minimum atomic E-state index is 0.377. The lowest BCUT2D eigenvalue weighted by molar-refractivity contribution is 1.44. The van der Waals surface area contributed by atoms with Gasteiger partial charge in [-0.15, -0.1) is 0 Å². The molecule has 0 saturated heterocycles. The molecule has 0 saturated carbocycles. The van der Waals surface area contributed by atoms with Crippen molar-refractivity contribution < 1.29 is 0 Å². The predicted molar refractivity (Wildman–Crippen MR) is 53.0 cm³/mol. The van der Waals surface area contributed by atoms with Crippen LogP contribution >= 0.6 is 23.2 Å². The third-order valence-electron chi connectivity index (χ3n) is 1.86. The Kier molecular flexibility index (Phi) is 1.91. The highest BCUT2D eigenvalue weighted by atomic mass is 35.5. The average Bonchev–Trinajstić information content (AvgIpc) is 2.53. The summed E-state index contributed by atoms with van der Waals surface area (Å²) in [4.78, 5) is 2.93. The van der Waals surface area contributed by atoms with Crippen LogP contribution in [0.2, 0.25) is 10.0 Å². The van der Waals surface area contributed by atoms with E-state index in [2.05, 4.69) is 4.98 Å². The first-order chi connectivity index (χ1) is 6.24. The van der Waals surface area contributed by atoms with Crippen molar-refractivity contribution in [3.05, 3.63) is 33.9 Å². The van der Waals surface area contributed by atoms with E-state index in [1.54, 1.807) is 12.3 Å². The number of aromatic amines is 1. The van der Waals surface area contributed by atoms with Crippen molar-refractivity contribution in [1.82, 2.24) is 4.98 Å². The Morgan fingerprint density at radius 2 is 2.08 bits per heavy atom. The molecule has 4 heteroatoms. The van der Waals surface area contributed by atoms with Gasteiger partial charge in [0.1, 0.15) is 6.07 Å². The molecule has 1 N–H and O–H groups in total. The molecule has 0 aliphatic heterocycles. The molecule has 1 aromatic heterocycles. The van der Waals surface area contributed by atoms with E-state index in [-0.39, 0.29) is 0 Å². The molecule has 2 rings (SSSR count). The van der Waals surface area contributed by atoms with Crippen LogP contribution in [0.15, 0.2) is 18.3 Å². The molecular weight excluding hydrogens is 207 g/mol. The standard InChI is InChI=1S/C9H4Cl2N2/c10-7-3-8(11)6(4-12)9-5(7)1-2-13-9/h1-3,13H. The lowest BCUT2D eigenvalue weighted by Crippen LogP contribution is -1.81. The minimum absolute atomic E-state index is 0.377. The Labute approximate surface area is 84.7 Å². The molecule has 64 valence electrons. The summed E-state index contributed by atoms with van der Waals surface area (Å²) in [6.07, 6.45) is 1.73. The van der Waals surface area contributed by atoms with Crippen LogP contribution in [-0.4, -0.2) is 4.98 Å². The van der Waals surface area contributed by atoms with Crippen molar-refractivity contribution in [2.24, 2.45) is 0 Å². The van der Waals surface area contributed by atoms with Gasteiger partial charge in [-0.2, -0.15) is 5.26 Å². The smallest absolute Gasteiger partial charge is 0.103 e. The van der Waals surface area contributed by atoms with E-state index in [0.717, 1.165) is 5.39 Å². The Bertz CT molecular complexity index is 508. The number of benzene rings is 1. The maximum atomic E-state index is 8.83. The first kappa shape index (κ1) is 8.43. The monoisotopic (exact) mass is 210 g/mol. The highest BCUT2D eigenvalue weighted by Gasteiger charge is 2.09. The topological polar surface area (TPSA) is 39.6 Å². The number of nitrogens with one attached hydrogen (secondary N) is 1. The van der Waals surface area contributed by atoms with Gasteiger partial charge in [0.05, 0.1) is 21.1 Å². The zero-order valence-electron chi connectivity index (χ0n) is 6.44. The zero-order valence-corrected chi connectivity index (χ0v) is 7.95. The summed E-state index contributed by atoms with van der Waals surface area (Å²) >= 11 is 11.8. The summed E-state index contributed by atoms with van der Waals surface area (Å²) < 4.78 is 0. The summed E-state index contributed by atoms with van der Waals surface area (Å²) in [7, 11) is 0. The van der Waals surface area contributed by atoms with Gasteiger partial charge in [0.2, 0.25) is 0 Å². The second-order valence-corrected chi connectivity index (χ2v) is 3.41. The van der Waals surface area contributed by atoms with Gasteiger partial charge in [-0.1, -0.05) is 23.2 Å². The number of hydrogen-bond donors (Lipinski definition) is 1. The molecule has 0 aliphatic rings. The van der Waals surface area contributed by atoms with Crippen LogP contribution in [0, 0.1) is 11.3 Å². The second kappa shape index (κ2) is 2.95. The fourth-order valence-electron chi connectivity index (χ4n) is 1.27. The maximum Gasteiger partial charge on any atom is 0.103 e. The highest BCUT2D eigenvalue weighted by Crippen LogP contribution is 2.30. The fraction of sp³-hybridized carbons (Fsp3) is 0. The SMILES string of the molecule is N#Cc1c(Cl)cc(Cl)c2cc[nH]c12. The third-order valence-corrected chi connectivity index (χ3v) is 2.47. The van der Waals surface area contributed by atoms with E-state index in [0.29, 0.717) is 21.1 Å². The quantitative estimate of drug-likeness (QED) is 0.712. The van der Waals surface area contributed by atoms with E-state index in [1.165, 1.54) is 0 Å². The number of rotatable bonds is 0. The minimum Gasteiger partial charge on any atom is -0.360 e. The van der Waals surface area contributed by atoms with Crippen molar-refractivity contribution in [3.63, 3.8) is 0 Å². The van der Waals surface area contributed by atoms with E-state index >= 15 is 0 Å². The van der Waals surface area contributed by atoms with Crippen LogP contribution in [0.5, 0.6) is 0 Å². The van der Waals surface area contributed by atoms with E-state index in [4.69, 9.17) is 28.5 Å². The Morgan fingerprint density at radius 3 is 2.77 bits per heavy atom. The van der Waals surface area contributed by atoms with Gasteiger partial charge in [-0.25, -0.2) is 0 Å². The lowest BCUT2D eigenvalue weighted by atomic mass is 10.1. The third kappa shape index (κ3) is 1.17. The molecule has 0 unspecified atom stereocenters. The first-order valence-electron chi connectivity index (χ1n) is 3.59. The number of aromatic nitrogens is 1. The second-order valence-electron chi connectivity index (χ2n) is 2.59. The summed E-state index contributed by atoms with van der Waals surface area (Å²) in [5.41, 5.74) is 1.13. The molecular formula is C9H4Cl2N2. The van der Waals surface area contributed by atoms with Crippen LogP contribution < -0.4 is 0 Å². The predicted octanol–water partition coefficient (Wildman–Crippen LogP) is 3.35. The highest BCUT2D eigenvalue weighted by molar-refractivity contribution is 6.39. The maximum absolute atomic E-state index is 8.83. The summed E-state index contributed by atoms with van der Waals surface area (Å²) in [5, 5.41) is 10.6. The number of fused-ring (bicyclic) bond motifs is 1. The van der Waals surface area contributed by atoms with E-state index < -0.39 is 0 Å². The van der Waals surface area contributed by atoms with Crippen LogP contribution in [0.1, 0.15) is 5.56 Å². The molecule has 0 bridgehead atoms. The van der Waals surface area contributed by atoms with Crippen LogP contribution in [0.4, 0.5) is 0 Å². The molecule has 0 radical (unpaired) electrons. The average molecular weight is 211 g/mol. The van der Waals surface area contributed by atoms with Crippen LogP contribution in [0.25, 0.3) is 10.9 Å². The van der Waals surface area contributed by atoms with Crippen molar-refractivity contribution in [2.45, 2.75) is 0 Å². The van der Waals surface area contributed by atoms with E-state index in [9.17, 15) is 0 Å². The molecule has 0 spiro atoms. The molecule has 0 aliphatic carbocycles. The summed E-state index contributed by atoms with van der Waals surface area (Å²) in [6, 6.07) is 5.43. The van der Waals surface area contributed by atoms with Crippen molar-refractivity contribution >= 4 is 34.1 Å². The Morgan fingerprint density at radius 1 is 1.31 bits per heavy atom. The summed E-state index contributed by atoms with van der Waals surface area (Å²) in [6.45, 7) is 0. The molecule has 0 fully saturated rings. The number of nitriles is 1. The molecule has 2 aromatic rings. The Hall–Kier alpha value is -1.17. The molecule has 1 aromatic carbocycles.